The molecule has 11 heteroatoms. The van der Waals surface area contributed by atoms with Crippen LogP contribution in [0.25, 0.3) is 0 Å². The van der Waals surface area contributed by atoms with Gasteiger partial charge in [-0.15, -0.1) is 0 Å². The highest BCUT2D eigenvalue weighted by Crippen LogP contribution is 2.28. The van der Waals surface area contributed by atoms with Crippen molar-refractivity contribution in [2.45, 2.75) is 63.7 Å². The third-order valence-electron chi connectivity index (χ3n) is 5.25. The van der Waals surface area contributed by atoms with Crippen molar-refractivity contribution in [3.8, 4) is 0 Å². The Morgan fingerprint density at radius 3 is 1.89 bits per heavy atom. The van der Waals surface area contributed by atoms with Gasteiger partial charge in [-0.3, -0.25) is 4.79 Å². The minimum absolute atomic E-state index is 0. The maximum atomic E-state index is 11.9. The highest BCUT2D eigenvalue weighted by atomic mass is 32.2. The maximum Gasteiger partial charge on any atom is 0.407 e. The summed E-state index contributed by atoms with van der Waals surface area (Å²) in [7, 11) is 0. The van der Waals surface area contributed by atoms with Crippen molar-refractivity contribution in [1.29, 1.82) is 0 Å². The molecule has 208 valence electrons. The number of rotatable bonds is 21. The lowest BCUT2D eigenvalue weighted by atomic mass is 9.95. The highest BCUT2D eigenvalue weighted by molar-refractivity contribution is 7.99. The molecule has 0 radical (unpaired) electrons. The number of alkyl carbamates (subject to hydrolysis) is 1. The molecule has 0 saturated heterocycles. The molecule has 2 amide bonds. The van der Waals surface area contributed by atoms with Crippen LogP contribution in [0.5, 0.6) is 0 Å². The summed E-state index contributed by atoms with van der Waals surface area (Å²) in [4.78, 5) is 34.1. The number of hydrogen-bond acceptors (Lipinski definition) is 9. The molecule has 0 unspecified atom stereocenters. The van der Waals surface area contributed by atoms with Crippen LogP contribution in [0, 0.1) is 0 Å². The van der Waals surface area contributed by atoms with E-state index < -0.39 is 0 Å². The van der Waals surface area contributed by atoms with E-state index in [9.17, 15) is 14.4 Å². The van der Waals surface area contributed by atoms with Gasteiger partial charge < -0.3 is 39.1 Å². The van der Waals surface area contributed by atoms with E-state index in [0.717, 1.165) is 36.7 Å². The molecular formula is C24H48N2O8S. The smallest absolute Gasteiger partial charge is 0.407 e. The lowest BCUT2D eigenvalue weighted by Crippen LogP contribution is -2.38. The molecule has 35 heavy (non-hydrogen) atoms. The Hall–Kier alpha value is -1.40. The molecule has 1 aliphatic rings. The molecule has 1 rings (SSSR count). The van der Waals surface area contributed by atoms with Crippen LogP contribution in [0.2, 0.25) is 0 Å². The van der Waals surface area contributed by atoms with E-state index >= 15 is 0 Å². The van der Waals surface area contributed by atoms with Gasteiger partial charge in [0.15, 0.2) is 0 Å². The van der Waals surface area contributed by atoms with Crippen LogP contribution in [0.15, 0.2) is 0 Å². The van der Waals surface area contributed by atoms with Crippen LogP contribution < -0.4 is 10.6 Å². The molecule has 1 saturated carbocycles. The first-order chi connectivity index (χ1) is 17.0. The maximum absolute atomic E-state index is 11.9. The van der Waals surface area contributed by atoms with Crippen LogP contribution in [0.4, 0.5) is 4.79 Å². The van der Waals surface area contributed by atoms with Crippen molar-refractivity contribution in [2.75, 3.05) is 71.8 Å². The molecule has 0 spiro atoms. The van der Waals surface area contributed by atoms with E-state index in [1.165, 1.54) is 6.92 Å². The van der Waals surface area contributed by atoms with Gasteiger partial charge in [0.2, 0.25) is 5.91 Å². The summed E-state index contributed by atoms with van der Waals surface area (Å²) >= 11 is 2.01. The summed E-state index contributed by atoms with van der Waals surface area (Å²) in [6.07, 6.45) is 4.44. The first kappa shape index (κ1) is 31.6. The lowest BCUT2D eigenvalue weighted by molar-refractivity contribution is -0.124. The SMILES string of the molecule is CCSC1CCC(NC(=O)OCCOCCOCCOCCOCCNC(=O)CCC(C)=O)CC1.[HH].[HH]. The van der Waals surface area contributed by atoms with Crippen molar-refractivity contribution in [3.05, 3.63) is 0 Å². The normalized spacial score (nSPS) is 17.7. The summed E-state index contributed by atoms with van der Waals surface area (Å²) < 4.78 is 26.7. The van der Waals surface area contributed by atoms with E-state index in [2.05, 4.69) is 17.6 Å². The molecule has 0 aliphatic heterocycles. The fourth-order valence-corrected chi connectivity index (χ4v) is 4.49. The molecule has 1 fully saturated rings. The third-order valence-corrected chi connectivity index (χ3v) is 6.52. The summed E-state index contributed by atoms with van der Waals surface area (Å²) in [5, 5.41) is 6.36. The van der Waals surface area contributed by atoms with Gasteiger partial charge in [-0.05, 0) is 38.4 Å². The number of nitrogens with one attached hydrogen (secondary N) is 2. The second-order valence-electron chi connectivity index (χ2n) is 8.21. The zero-order valence-electron chi connectivity index (χ0n) is 21.3. The number of ketones is 1. The van der Waals surface area contributed by atoms with E-state index in [-0.39, 0.29) is 46.1 Å². The van der Waals surface area contributed by atoms with Crippen molar-refractivity contribution < 1.29 is 40.9 Å². The van der Waals surface area contributed by atoms with Crippen LogP contribution in [-0.2, 0) is 33.3 Å². The Bertz CT molecular complexity index is 585. The second-order valence-corrected chi connectivity index (χ2v) is 9.79. The summed E-state index contributed by atoms with van der Waals surface area (Å²) in [5.41, 5.74) is 0. The van der Waals surface area contributed by atoms with Crippen LogP contribution in [0.3, 0.4) is 0 Å². The van der Waals surface area contributed by atoms with Crippen molar-refractivity contribution in [3.63, 3.8) is 0 Å². The van der Waals surface area contributed by atoms with Gasteiger partial charge in [0.25, 0.3) is 0 Å². The van der Waals surface area contributed by atoms with Crippen LogP contribution >= 0.6 is 11.8 Å². The third kappa shape index (κ3) is 19.5. The first-order valence-electron chi connectivity index (χ1n) is 12.6. The minimum Gasteiger partial charge on any atom is -0.447 e. The van der Waals surface area contributed by atoms with Gasteiger partial charge in [-0.1, -0.05) is 6.92 Å². The zero-order chi connectivity index (χ0) is 25.6. The molecule has 0 heterocycles. The van der Waals surface area contributed by atoms with E-state index in [4.69, 9.17) is 23.7 Å². The predicted octanol–water partition coefficient (Wildman–Crippen LogP) is 2.82. The molecule has 1 aliphatic carbocycles. The molecule has 0 aromatic heterocycles. The molecule has 0 bridgehead atoms. The summed E-state index contributed by atoms with van der Waals surface area (Å²) in [6, 6.07) is 0.219. The standard InChI is InChI=1S/C24H44N2O8S.2H2/c1-3-35-22-7-5-21(6-8-22)26-24(29)34-19-18-33-17-16-32-15-14-31-13-12-30-11-10-25-23(28)9-4-20(2)27;;/h21-22H,3-19H2,1-2H3,(H,25,28)(H,26,29);2*1H. The Morgan fingerprint density at radius 2 is 1.34 bits per heavy atom. The van der Waals surface area contributed by atoms with Gasteiger partial charge in [0.1, 0.15) is 12.4 Å². The van der Waals surface area contributed by atoms with Gasteiger partial charge in [-0.2, -0.15) is 11.8 Å². The Kier molecular flexibility index (Phi) is 19.7. The quantitative estimate of drug-likeness (QED) is 0.218. The summed E-state index contributed by atoms with van der Waals surface area (Å²) in [6.45, 7) is 7.65. The summed E-state index contributed by atoms with van der Waals surface area (Å²) in [5.74, 6) is 1.01. The van der Waals surface area contributed by atoms with Crippen LogP contribution in [-0.4, -0.2) is 101 Å². The molecule has 10 nitrogen and oxygen atoms in total. The average molecular weight is 525 g/mol. The Balaban J connectivity index is 0. The van der Waals surface area contributed by atoms with Gasteiger partial charge in [0, 0.05) is 33.5 Å². The number of carbonyl (C=O) groups is 3. The van der Waals surface area contributed by atoms with Crippen molar-refractivity contribution >= 4 is 29.5 Å². The predicted molar refractivity (Wildman–Crippen MR) is 139 cm³/mol. The monoisotopic (exact) mass is 524 g/mol. The molecular weight excluding hydrogens is 476 g/mol. The number of thioether (sulfide) groups is 1. The Labute approximate surface area is 216 Å². The minimum atomic E-state index is -0.369. The average Bonchev–Trinajstić information content (AvgIpc) is 2.83. The fourth-order valence-electron chi connectivity index (χ4n) is 3.41. The van der Waals surface area contributed by atoms with E-state index in [1.54, 1.807) is 0 Å². The van der Waals surface area contributed by atoms with E-state index in [0.29, 0.717) is 59.4 Å². The molecule has 0 atom stereocenters. The van der Waals surface area contributed by atoms with Crippen molar-refractivity contribution in [2.24, 2.45) is 0 Å². The number of ether oxygens (including phenoxy) is 5. The number of amides is 2. The zero-order valence-corrected chi connectivity index (χ0v) is 22.2. The Morgan fingerprint density at radius 1 is 0.800 bits per heavy atom. The van der Waals surface area contributed by atoms with E-state index in [1.807, 2.05) is 11.8 Å². The molecule has 0 aromatic rings. The lowest BCUT2D eigenvalue weighted by Gasteiger charge is -2.28. The number of hydrogen-bond donors (Lipinski definition) is 2. The fraction of sp³-hybridized carbons (Fsp3) is 0.875. The highest BCUT2D eigenvalue weighted by Gasteiger charge is 2.22. The molecule has 0 aromatic carbocycles. The van der Waals surface area contributed by atoms with Gasteiger partial charge in [-0.25, -0.2) is 4.79 Å². The largest absolute Gasteiger partial charge is 0.447 e. The van der Waals surface area contributed by atoms with Gasteiger partial charge in [0.05, 0.1) is 52.9 Å². The molecule has 2 N–H and O–H groups in total. The van der Waals surface area contributed by atoms with Gasteiger partial charge >= 0.3 is 6.09 Å². The topological polar surface area (TPSA) is 121 Å². The first-order valence-corrected chi connectivity index (χ1v) is 13.7. The van der Waals surface area contributed by atoms with Crippen LogP contribution in [0.1, 0.15) is 55.2 Å². The van der Waals surface area contributed by atoms with Crippen molar-refractivity contribution in [1.82, 2.24) is 10.6 Å². The number of Topliss-reactive ketones (excluding diaryl/α,β-unsaturated/α-hetero) is 1. The number of carbonyl (C=O) groups excluding carboxylic acids is 3. The second kappa shape index (κ2) is 21.8.